The van der Waals surface area contributed by atoms with Crippen LogP contribution in [0.3, 0.4) is 0 Å². The average molecular weight is 366 g/mol. The summed E-state index contributed by atoms with van der Waals surface area (Å²) >= 11 is 0. The number of benzene rings is 2. The topological polar surface area (TPSA) is 92.8 Å². The number of hydrogen-bond donors (Lipinski definition) is 1. The molecule has 27 heavy (non-hydrogen) atoms. The molecule has 0 saturated carbocycles. The summed E-state index contributed by atoms with van der Waals surface area (Å²) in [6.07, 6.45) is 0.664. The zero-order valence-electron chi connectivity index (χ0n) is 14.9. The molecular weight excluding hydrogens is 348 g/mol. The molecule has 7 nitrogen and oxygen atoms in total. The van der Waals surface area contributed by atoms with Crippen LogP contribution in [-0.4, -0.2) is 35.1 Å². The summed E-state index contributed by atoms with van der Waals surface area (Å²) in [5.41, 5.74) is 1.23. The lowest BCUT2D eigenvalue weighted by atomic mass is 10.1. The van der Waals surface area contributed by atoms with Crippen molar-refractivity contribution < 1.29 is 23.9 Å². The van der Waals surface area contributed by atoms with Gasteiger partial charge in [0, 0.05) is 30.8 Å². The molecule has 7 heteroatoms. The molecule has 0 saturated heterocycles. The summed E-state index contributed by atoms with van der Waals surface area (Å²) in [4.78, 5) is 49.4. The molecule has 3 rings (SSSR count). The summed E-state index contributed by atoms with van der Waals surface area (Å²) in [5.74, 6) is -1.31. The van der Waals surface area contributed by atoms with Gasteiger partial charge >= 0.3 is 5.97 Å². The van der Waals surface area contributed by atoms with Crippen molar-refractivity contribution in [3.8, 4) is 5.75 Å². The Morgan fingerprint density at radius 3 is 2.48 bits per heavy atom. The Labute approximate surface area is 155 Å². The van der Waals surface area contributed by atoms with Gasteiger partial charge in [0.1, 0.15) is 5.75 Å². The molecule has 0 spiro atoms. The second kappa shape index (κ2) is 7.41. The third-order valence-corrected chi connectivity index (χ3v) is 4.03. The minimum atomic E-state index is -0.461. The van der Waals surface area contributed by atoms with Gasteiger partial charge in [0.15, 0.2) is 0 Å². The normalized spacial score (nSPS) is 12.7. The van der Waals surface area contributed by atoms with E-state index < -0.39 is 11.9 Å². The first-order chi connectivity index (χ1) is 12.9. The van der Waals surface area contributed by atoms with E-state index in [0.717, 1.165) is 0 Å². The first kappa shape index (κ1) is 18.3. The van der Waals surface area contributed by atoms with E-state index in [4.69, 9.17) is 4.74 Å². The molecular formula is C20H18N2O5. The van der Waals surface area contributed by atoms with Crippen LogP contribution in [0.5, 0.6) is 5.75 Å². The van der Waals surface area contributed by atoms with Gasteiger partial charge in [-0.3, -0.25) is 24.1 Å². The fourth-order valence-corrected chi connectivity index (χ4v) is 2.87. The smallest absolute Gasteiger partial charge is 0.308 e. The Morgan fingerprint density at radius 2 is 1.78 bits per heavy atom. The average Bonchev–Trinajstić information content (AvgIpc) is 2.86. The lowest BCUT2D eigenvalue weighted by Gasteiger charge is -2.11. The highest BCUT2D eigenvalue weighted by Gasteiger charge is 2.35. The summed E-state index contributed by atoms with van der Waals surface area (Å²) < 4.78 is 4.99. The number of carbonyl (C=O) groups is 4. The predicted molar refractivity (Wildman–Crippen MR) is 97.8 cm³/mol. The quantitative estimate of drug-likeness (QED) is 0.499. The number of rotatable bonds is 5. The number of hydrogen-bond acceptors (Lipinski definition) is 5. The van der Waals surface area contributed by atoms with Crippen molar-refractivity contribution >= 4 is 29.4 Å². The Bertz CT molecular complexity index is 951. The van der Waals surface area contributed by atoms with E-state index in [-0.39, 0.29) is 22.9 Å². The fraction of sp³-hybridized carbons (Fsp3) is 0.200. The Morgan fingerprint density at radius 1 is 1.04 bits per heavy atom. The number of anilines is 1. The minimum Gasteiger partial charge on any atom is -0.427 e. The van der Waals surface area contributed by atoms with Gasteiger partial charge in [-0.1, -0.05) is 13.0 Å². The van der Waals surface area contributed by atoms with Gasteiger partial charge in [-0.2, -0.15) is 0 Å². The molecule has 0 bridgehead atoms. The molecule has 0 aromatic heterocycles. The maximum Gasteiger partial charge on any atom is 0.308 e. The van der Waals surface area contributed by atoms with Crippen molar-refractivity contribution in [3.63, 3.8) is 0 Å². The molecule has 0 radical (unpaired) electrons. The number of carbonyl (C=O) groups excluding carboxylic acids is 4. The number of imide groups is 1. The van der Waals surface area contributed by atoms with Gasteiger partial charge in [-0.25, -0.2) is 0 Å². The molecule has 138 valence electrons. The Kier molecular flexibility index (Phi) is 5.03. The van der Waals surface area contributed by atoms with E-state index in [1.807, 2.05) is 6.92 Å². The number of amides is 3. The first-order valence-electron chi connectivity index (χ1n) is 8.50. The van der Waals surface area contributed by atoms with Crippen LogP contribution in [0.2, 0.25) is 0 Å². The molecule has 0 aliphatic carbocycles. The second-order valence-corrected chi connectivity index (χ2v) is 6.10. The molecule has 1 N–H and O–H groups in total. The molecule has 1 aliphatic rings. The number of ether oxygens (including phenoxy) is 1. The van der Waals surface area contributed by atoms with E-state index >= 15 is 0 Å². The number of esters is 1. The predicted octanol–water partition coefficient (Wildman–Crippen LogP) is 2.87. The highest BCUT2D eigenvalue weighted by Crippen LogP contribution is 2.25. The second-order valence-electron chi connectivity index (χ2n) is 6.10. The molecule has 2 aromatic rings. The summed E-state index contributed by atoms with van der Waals surface area (Å²) in [6.45, 7) is 3.51. The van der Waals surface area contributed by atoms with Crippen LogP contribution in [0.4, 0.5) is 5.69 Å². The molecule has 0 unspecified atom stereocenters. The van der Waals surface area contributed by atoms with Crippen LogP contribution in [0.15, 0.2) is 42.5 Å². The maximum absolute atomic E-state index is 12.5. The van der Waals surface area contributed by atoms with Crippen LogP contribution in [0, 0.1) is 0 Å². The Balaban J connectivity index is 1.81. The third-order valence-electron chi connectivity index (χ3n) is 4.03. The molecule has 3 amide bonds. The van der Waals surface area contributed by atoms with Crippen LogP contribution < -0.4 is 10.1 Å². The standard InChI is InChI=1S/C20H18N2O5/c1-3-9-22-19(25)16-8-7-13(10-17(16)20(22)26)18(24)21-14-5-4-6-15(11-14)27-12(2)23/h4-8,10-11H,3,9H2,1-2H3,(H,21,24). The minimum absolute atomic E-state index is 0.231. The summed E-state index contributed by atoms with van der Waals surface area (Å²) in [5, 5.41) is 2.69. The van der Waals surface area contributed by atoms with Gasteiger partial charge in [-0.05, 0) is 36.8 Å². The van der Waals surface area contributed by atoms with Crippen LogP contribution in [0.1, 0.15) is 51.3 Å². The van der Waals surface area contributed by atoms with Crippen molar-refractivity contribution in [1.29, 1.82) is 0 Å². The number of nitrogens with zero attached hydrogens (tertiary/aromatic N) is 1. The van der Waals surface area contributed by atoms with E-state index in [2.05, 4.69) is 5.32 Å². The van der Waals surface area contributed by atoms with Gasteiger partial charge in [0.05, 0.1) is 11.1 Å². The summed E-state index contributed by atoms with van der Waals surface area (Å²) in [6, 6.07) is 10.8. The largest absolute Gasteiger partial charge is 0.427 e. The monoisotopic (exact) mass is 366 g/mol. The zero-order chi connectivity index (χ0) is 19.6. The van der Waals surface area contributed by atoms with Crippen molar-refractivity contribution in [2.75, 3.05) is 11.9 Å². The van der Waals surface area contributed by atoms with E-state index in [1.165, 1.54) is 36.1 Å². The van der Waals surface area contributed by atoms with Crippen LogP contribution in [-0.2, 0) is 4.79 Å². The lowest BCUT2D eigenvalue weighted by Crippen LogP contribution is -2.30. The molecule has 2 aromatic carbocycles. The molecule has 1 heterocycles. The first-order valence-corrected chi connectivity index (χ1v) is 8.50. The van der Waals surface area contributed by atoms with Crippen LogP contribution >= 0.6 is 0 Å². The van der Waals surface area contributed by atoms with E-state index in [1.54, 1.807) is 18.2 Å². The molecule has 0 fully saturated rings. The van der Waals surface area contributed by atoms with Crippen molar-refractivity contribution in [3.05, 3.63) is 59.2 Å². The number of fused-ring (bicyclic) bond motifs is 1. The third kappa shape index (κ3) is 3.72. The highest BCUT2D eigenvalue weighted by molar-refractivity contribution is 6.22. The zero-order valence-corrected chi connectivity index (χ0v) is 14.9. The van der Waals surface area contributed by atoms with Gasteiger partial charge in [0.2, 0.25) is 0 Å². The molecule has 1 aliphatic heterocycles. The maximum atomic E-state index is 12.5. The lowest BCUT2D eigenvalue weighted by molar-refractivity contribution is -0.131. The van der Waals surface area contributed by atoms with E-state index in [9.17, 15) is 19.2 Å². The number of nitrogens with one attached hydrogen (secondary N) is 1. The van der Waals surface area contributed by atoms with Gasteiger partial charge in [-0.15, -0.1) is 0 Å². The van der Waals surface area contributed by atoms with Crippen molar-refractivity contribution in [2.45, 2.75) is 20.3 Å². The molecule has 0 atom stereocenters. The Hall–Kier alpha value is -3.48. The SMILES string of the molecule is CCCN1C(=O)c2ccc(C(=O)Nc3cccc(OC(C)=O)c3)cc2C1=O. The fourth-order valence-electron chi connectivity index (χ4n) is 2.87. The highest BCUT2D eigenvalue weighted by atomic mass is 16.5. The van der Waals surface area contributed by atoms with Crippen LogP contribution in [0.25, 0.3) is 0 Å². The van der Waals surface area contributed by atoms with Crippen molar-refractivity contribution in [2.24, 2.45) is 0 Å². The van der Waals surface area contributed by atoms with Gasteiger partial charge in [0.25, 0.3) is 17.7 Å². The summed E-state index contributed by atoms with van der Waals surface area (Å²) in [7, 11) is 0. The van der Waals surface area contributed by atoms with Crippen molar-refractivity contribution in [1.82, 2.24) is 4.90 Å². The van der Waals surface area contributed by atoms with E-state index in [0.29, 0.717) is 30.0 Å². The van der Waals surface area contributed by atoms with Gasteiger partial charge < -0.3 is 10.1 Å².